The van der Waals surface area contributed by atoms with Crippen LogP contribution in [0.5, 0.6) is 0 Å². The van der Waals surface area contributed by atoms with E-state index in [4.69, 9.17) is 10.5 Å². The molecule has 2 rings (SSSR count). The summed E-state index contributed by atoms with van der Waals surface area (Å²) in [6.07, 6.45) is -1.35. The molecule has 2 aliphatic heterocycles. The molecule has 82 valence electrons. The van der Waals surface area contributed by atoms with Gasteiger partial charge in [-0.05, 0) is 31.6 Å². The van der Waals surface area contributed by atoms with Crippen molar-refractivity contribution in [2.24, 2.45) is 11.7 Å². The fraction of sp³-hybridized carbons (Fsp3) is 1.00. The monoisotopic (exact) mass is 209 g/mol. The first-order valence-corrected chi connectivity index (χ1v) is 4.94. The quantitative estimate of drug-likeness (QED) is 0.753. The molecule has 2 fully saturated rings. The summed E-state index contributed by atoms with van der Waals surface area (Å²) in [6.45, 7) is 0. The first kappa shape index (κ1) is 10.2. The van der Waals surface area contributed by atoms with Crippen LogP contribution in [0.15, 0.2) is 0 Å². The Morgan fingerprint density at radius 3 is 2.50 bits per heavy atom. The van der Waals surface area contributed by atoms with Crippen LogP contribution < -0.4 is 5.73 Å². The van der Waals surface area contributed by atoms with E-state index in [9.17, 15) is 13.2 Å². The molecule has 4 unspecified atom stereocenters. The van der Waals surface area contributed by atoms with Crippen molar-refractivity contribution in [1.29, 1.82) is 0 Å². The van der Waals surface area contributed by atoms with Crippen molar-refractivity contribution in [1.82, 2.24) is 0 Å². The summed E-state index contributed by atoms with van der Waals surface area (Å²) in [7, 11) is 0. The topological polar surface area (TPSA) is 35.2 Å². The Labute approximate surface area is 80.6 Å². The third-order valence-corrected chi connectivity index (χ3v) is 3.21. The Hall–Kier alpha value is -0.290. The Balaban J connectivity index is 1.87. The van der Waals surface area contributed by atoms with Crippen molar-refractivity contribution in [3.05, 3.63) is 0 Å². The number of rotatable bonds is 2. The highest BCUT2D eigenvalue weighted by atomic mass is 19.4. The number of hydrogen-bond acceptors (Lipinski definition) is 2. The van der Waals surface area contributed by atoms with E-state index >= 15 is 0 Å². The molecule has 0 radical (unpaired) electrons. The summed E-state index contributed by atoms with van der Waals surface area (Å²) in [5, 5.41) is 0. The fourth-order valence-corrected chi connectivity index (χ4v) is 2.45. The molecule has 2 heterocycles. The zero-order valence-corrected chi connectivity index (χ0v) is 7.76. The molecule has 4 atom stereocenters. The van der Waals surface area contributed by atoms with E-state index in [-0.39, 0.29) is 24.5 Å². The second kappa shape index (κ2) is 3.38. The van der Waals surface area contributed by atoms with E-state index in [1.165, 1.54) is 0 Å². The predicted octanol–water partition coefficient (Wildman–Crippen LogP) is 1.83. The highest BCUT2D eigenvalue weighted by molar-refractivity contribution is 4.91. The molecular formula is C9H14F3NO. The maximum atomic E-state index is 12.2. The van der Waals surface area contributed by atoms with Gasteiger partial charge in [0.25, 0.3) is 0 Å². The molecule has 0 spiro atoms. The zero-order chi connectivity index (χ0) is 10.3. The zero-order valence-electron chi connectivity index (χ0n) is 7.76. The fourth-order valence-electron chi connectivity index (χ4n) is 2.45. The Morgan fingerprint density at radius 1 is 1.36 bits per heavy atom. The molecule has 0 aliphatic carbocycles. The summed E-state index contributed by atoms with van der Waals surface area (Å²) in [6, 6.07) is -1.68. The molecule has 2 aliphatic rings. The van der Waals surface area contributed by atoms with Crippen LogP contribution in [-0.2, 0) is 4.74 Å². The maximum Gasteiger partial charge on any atom is 0.403 e. The largest absolute Gasteiger partial charge is 0.403 e. The molecule has 0 amide bonds. The molecule has 0 aromatic carbocycles. The number of hydrogen-bond donors (Lipinski definition) is 1. The number of ether oxygens (including phenoxy) is 1. The minimum Gasteiger partial charge on any atom is -0.375 e. The maximum absolute atomic E-state index is 12.2. The standard InChI is InChI=1S/C9H14F3NO/c10-9(11,12)8(13)4-5-3-6-1-2-7(5)14-6/h5-8H,1-4,13H2. The van der Waals surface area contributed by atoms with Gasteiger partial charge in [-0.2, -0.15) is 13.2 Å². The van der Waals surface area contributed by atoms with E-state index in [1.807, 2.05) is 0 Å². The van der Waals surface area contributed by atoms with E-state index in [1.54, 1.807) is 0 Å². The van der Waals surface area contributed by atoms with Gasteiger partial charge in [0.15, 0.2) is 0 Å². The van der Waals surface area contributed by atoms with Gasteiger partial charge in [-0.15, -0.1) is 0 Å². The van der Waals surface area contributed by atoms with Gasteiger partial charge in [-0.1, -0.05) is 0 Å². The van der Waals surface area contributed by atoms with E-state index in [2.05, 4.69) is 0 Å². The smallest absolute Gasteiger partial charge is 0.375 e. The van der Waals surface area contributed by atoms with Crippen molar-refractivity contribution >= 4 is 0 Å². The van der Waals surface area contributed by atoms with Gasteiger partial charge >= 0.3 is 6.18 Å². The summed E-state index contributed by atoms with van der Waals surface area (Å²) < 4.78 is 42.0. The van der Waals surface area contributed by atoms with E-state index in [0.29, 0.717) is 0 Å². The van der Waals surface area contributed by atoms with Crippen molar-refractivity contribution < 1.29 is 17.9 Å². The lowest BCUT2D eigenvalue weighted by Gasteiger charge is -2.23. The van der Waals surface area contributed by atoms with Crippen LogP contribution in [0.1, 0.15) is 25.7 Å². The third-order valence-electron chi connectivity index (χ3n) is 3.21. The predicted molar refractivity (Wildman–Crippen MR) is 44.6 cm³/mol. The Morgan fingerprint density at radius 2 is 2.07 bits per heavy atom. The molecule has 0 aromatic rings. The van der Waals surface area contributed by atoms with Gasteiger partial charge in [0.05, 0.1) is 12.2 Å². The van der Waals surface area contributed by atoms with Crippen LogP contribution in [0.3, 0.4) is 0 Å². The minimum atomic E-state index is -4.26. The molecule has 0 saturated carbocycles. The van der Waals surface area contributed by atoms with Gasteiger partial charge in [0.2, 0.25) is 0 Å². The molecule has 14 heavy (non-hydrogen) atoms. The molecule has 5 heteroatoms. The Kier molecular flexibility index (Phi) is 2.47. The lowest BCUT2D eigenvalue weighted by Crippen LogP contribution is -2.40. The van der Waals surface area contributed by atoms with E-state index in [0.717, 1.165) is 19.3 Å². The van der Waals surface area contributed by atoms with E-state index < -0.39 is 12.2 Å². The van der Waals surface area contributed by atoms with Crippen LogP contribution in [0, 0.1) is 5.92 Å². The Bertz CT molecular complexity index is 219. The summed E-state index contributed by atoms with van der Waals surface area (Å²) in [5.74, 6) is 0.0189. The molecular weight excluding hydrogens is 195 g/mol. The average Bonchev–Trinajstić information content (AvgIpc) is 2.62. The van der Waals surface area contributed by atoms with Crippen molar-refractivity contribution in [2.45, 2.75) is 50.1 Å². The first-order chi connectivity index (χ1) is 6.47. The first-order valence-electron chi connectivity index (χ1n) is 4.94. The van der Waals surface area contributed by atoms with Crippen LogP contribution in [0.25, 0.3) is 0 Å². The molecule has 2 saturated heterocycles. The van der Waals surface area contributed by atoms with Crippen molar-refractivity contribution in [2.75, 3.05) is 0 Å². The summed E-state index contributed by atoms with van der Waals surface area (Å²) >= 11 is 0. The second-order valence-corrected chi connectivity index (χ2v) is 4.25. The number of fused-ring (bicyclic) bond motifs is 2. The highest BCUT2D eigenvalue weighted by Crippen LogP contribution is 2.41. The number of halogens is 3. The van der Waals surface area contributed by atoms with Gasteiger partial charge in [0, 0.05) is 0 Å². The number of nitrogens with two attached hydrogens (primary N) is 1. The number of alkyl halides is 3. The summed E-state index contributed by atoms with van der Waals surface area (Å²) in [4.78, 5) is 0. The van der Waals surface area contributed by atoms with Gasteiger partial charge in [-0.3, -0.25) is 0 Å². The molecule has 0 aromatic heterocycles. The molecule has 2 bridgehead atoms. The van der Waals surface area contributed by atoms with Gasteiger partial charge in [-0.25, -0.2) is 0 Å². The second-order valence-electron chi connectivity index (χ2n) is 4.25. The highest BCUT2D eigenvalue weighted by Gasteiger charge is 2.45. The van der Waals surface area contributed by atoms with Gasteiger partial charge < -0.3 is 10.5 Å². The van der Waals surface area contributed by atoms with Gasteiger partial charge in [0.1, 0.15) is 6.04 Å². The molecule has 2 N–H and O–H groups in total. The van der Waals surface area contributed by atoms with Crippen molar-refractivity contribution in [3.8, 4) is 0 Å². The lowest BCUT2D eigenvalue weighted by atomic mass is 9.85. The average molecular weight is 209 g/mol. The van der Waals surface area contributed by atoms with Crippen LogP contribution >= 0.6 is 0 Å². The lowest BCUT2D eigenvalue weighted by molar-refractivity contribution is -0.152. The normalized spacial score (nSPS) is 39.0. The van der Waals surface area contributed by atoms with Crippen LogP contribution in [0.2, 0.25) is 0 Å². The summed E-state index contributed by atoms with van der Waals surface area (Å²) in [5.41, 5.74) is 5.08. The van der Waals surface area contributed by atoms with Crippen LogP contribution in [-0.4, -0.2) is 24.4 Å². The molecule has 2 nitrogen and oxygen atoms in total. The SMILES string of the molecule is NC(CC1CC2CCC1O2)C(F)(F)F. The van der Waals surface area contributed by atoms with Crippen molar-refractivity contribution in [3.63, 3.8) is 0 Å². The van der Waals surface area contributed by atoms with Crippen LogP contribution in [0.4, 0.5) is 13.2 Å². The third kappa shape index (κ3) is 1.88. The minimum absolute atomic E-state index is 0.0185.